The summed E-state index contributed by atoms with van der Waals surface area (Å²) in [6, 6.07) is 17.2. The number of hydrogen-bond donors (Lipinski definition) is 1. The second-order valence-electron chi connectivity index (χ2n) is 5.43. The van der Waals surface area contributed by atoms with Crippen molar-refractivity contribution in [2.45, 2.75) is 13.5 Å². The molecule has 1 fully saturated rings. The minimum Gasteiger partial charge on any atom is -0.381 e. The van der Waals surface area contributed by atoms with Crippen molar-refractivity contribution in [3.8, 4) is 0 Å². The number of ether oxygens (including phenoxy) is 1. The number of benzene rings is 2. The van der Waals surface area contributed by atoms with E-state index in [1.807, 2.05) is 0 Å². The Bertz CT molecular complexity index is 574. The first-order valence-corrected chi connectivity index (χ1v) is 7.54. The zero-order valence-corrected chi connectivity index (χ0v) is 12.5. The topological polar surface area (TPSA) is 24.5 Å². The van der Waals surface area contributed by atoms with Gasteiger partial charge in [-0.05, 0) is 42.3 Å². The van der Waals surface area contributed by atoms with E-state index < -0.39 is 0 Å². The molecule has 0 bridgehead atoms. The van der Waals surface area contributed by atoms with Crippen LogP contribution in [0.1, 0.15) is 11.1 Å². The molecule has 3 heteroatoms. The van der Waals surface area contributed by atoms with Crippen molar-refractivity contribution in [2.24, 2.45) is 0 Å². The summed E-state index contributed by atoms with van der Waals surface area (Å²) in [7, 11) is 0. The van der Waals surface area contributed by atoms with Crippen molar-refractivity contribution in [1.29, 1.82) is 0 Å². The fraction of sp³-hybridized carbons (Fsp3) is 0.333. The maximum absolute atomic E-state index is 5.39. The van der Waals surface area contributed by atoms with Crippen molar-refractivity contribution in [3.63, 3.8) is 0 Å². The smallest absolute Gasteiger partial charge is 0.0642 e. The largest absolute Gasteiger partial charge is 0.381 e. The minimum atomic E-state index is 0.827. The molecule has 2 aromatic rings. The first-order chi connectivity index (χ1) is 10.3. The van der Waals surface area contributed by atoms with Crippen LogP contribution in [0.2, 0.25) is 0 Å². The van der Waals surface area contributed by atoms with Crippen LogP contribution in [0.5, 0.6) is 0 Å². The molecule has 1 saturated heterocycles. The van der Waals surface area contributed by atoms with Crippen LogP contribution in [0.4, 0.5) is 11.4 Å². The van der Waals surface area contributed by atoms with Gasteiger partial charge in [0.25, 0.3) is 0 Å². The van der Waals surface area contributed by atoms with Crippen LogP contribution in [-0.4, -0.2) is 26.3 Å². The van der Waals surface area contributed by atoms with Crippen LogP contribution < -0.4 is 10.2 Å². The van der Waals surface area contributed by atoms with E-state index in [2.05, 4.69) is 65.7 Å². The summed E-state index contributed by atoms with van der Waals surface area (Å²) < 4.78 is 5.39. The molecule has 0 aromatic heterocycles. The van der Waals surface area contributed by atoms with E-state index in [1.54, 1.807) is 0 Å². The van der Waals surface area contributed by atoms with Gasteiger partial charge in [-0.1, -0.05) is 24.3 Å². The first-order valence-electron chi connectivity index (χ1n) is 7.54. The lowest BCUT2D eigenvalue weighted by Crippen LogP contribution is -2.36. The van der Waals surface area contributed by atoms with Crippen molar-refractivity contribution in [2.75, 3.05) is 36.5 Å². The minimum absolute atomic E-state index is 0.827. The van der Waals surface area contributed by atoms with Crippen LogP contribution in [-0.2, 0) is 11.3 Å². The van der Waals surface area contributed by atoms with Gasteiger partial charge in [-0.25, -0.2) is 0 Å². The second-order valence-corrected chi connectivity index (χ2v) is 5.43. The van der Waals surface area contributed by atoms with Crippen LogP contribution in [0, 0.1) is 6.92 Å². The highest BCUT2D eigenvalue weighted by molar-refractivity contribution is 5.55. The standard InChI is InChI=1S/C18H22N2O/c1-15-4-2-3-5-16(15)14-19-17-6-8-18(9-7-17)20-10-12-21-13-11-20/h2-9,19H,10-14H2,1H3. The Morgan fingerprint density at radius 1 is 1.00 bits per heavy atom. The first kappa shape index (κ1) is 14.0. The molecule has 0 amide bonds. The van der Waals surface area contributed by atoms with Gasteiger partial charge in [0.15, 0.2) is 0 Å². The summed E-state index contributed by atoms with van der Waals surface area (Å²) >= 11 is 0. The highest BCUT2D eigenvalue weighted by Gasteiger charge is 2.10. The van der Waals surface area contributed by atoms with Crippen molar-refractivity contribution in [3.05, 3.63) is 59.7 Å². The Morgan fingerprint density at radius 3 is 2.43 bits per heavy atom. The Labute approximate surface area is 126 Å². The fourth-order valence-electron chi connectivity index (χ4n) is 2.62. The number of aryl methyl sites for hydroxylation is 1. The molecule has 0 aliphatic carbocycles. The lowest BCUT2D eigenvalue weighted by molar-refractivity contribution is 0.122. The van der Waals surface area contributed by atoms with Crippen LogP contribution in [0.3, 0.4) is 0 Å². The lowest BCUT2D eigenvalue weighted by Gasteiger charge is -2.29. The number of nitrogens with zero attached hydrogens (tertiary/aromatic N) is 1. The Hall–Kier alpha value is -2.00. The maximum atomic E-state index is 5.39. The highest BCUT2D eigenvalue weighted by atomic mass is 16.5. The molecule has 1 aliphatic rings. The van der Waals surface area contributed by atoms with Gasteiger partial charge in [-0.2, -0.15) is 0 Å². The summed E-state index contributed by atoms with van der Waals surface area (Å²) in [5, 5.41) is 3.49. The summed E-state index contributed by atoms with van der Waals surface area (Å²) in [6.45, 7) is 6.63. The Morgan fingerprint density at radius 2 is 1.71 bits per heavy atom. The average Bonchev–Trinajstić information content (AvgIpc) is 2.55. The van der Waals surface area contributed by atoms with Gasteiger partial charge in [0.05, 0.1) is 13.2 Å². The van der Waals surface area contributed by atoms with E-state index in [4.69, 9.17) is 4.74 Å². The van der Waals surface area contributed by atoms with Gasteiger partial charge >= 0.3 is 0 Å². The van der Waals surface area contributed by atoms with Gasteiger partial charge in [-0.3, -0.25) is 0 Å². The summed E-state index contributed by atoms with van der Waals surface area (Å²) in [4.78, 5) is 2.37. The lowest BCUT2D eigenvalue weighted by atomic mass is 10.1. The molecule has 1 N–H and O–H groups in total. The van der Waals surface area contributed by atoms with Gasteiger partial charge in [0, 0.05) is 31.0 Å². The molecule has 1 heterocycles. The van der Waals surface area contributed by atoms with E-state index in [0.717, 1.165) is 38.5 Å². The van der Waals surface area contributed by atoms with Crippen molar-refractivity contribution < 1.29 is 4.74 Å². The summed E-state index contributed by atoms with van der Waals surface area (Å²) in [5.74, 6) is 0. The van der Waals surface area contributed by atoms with Gasteiger partial charge in [0.1, 0.15) is 0 Å². The highest BCUT2D eigenvalue weighted by Crippen LogP contribution is 2.19. The Balaban J connectivity index is 1.60. The molecule has 0 saturated carbocycles. The molecule has 1 aliphatic heterocycles. The van der Waals surface area contributed by atoms with E-state index in [9.17, 15) is 0 Å². The molecule has 3 nitrogen and oxygen atoms in total. The third kappa shape index (κ3) is 3.56. The van der Waals surface area contributed by atoms with E-state index >= 15 is 0 Å². The second kappa shape index (κ2) is 6.64. The molecular weight excluding hydrogens is 260 g/mol. The van der Waals surface area contributed by atoms with E-state index in [0.29, 0.717) is 0 Å². The predicted molar refractivity (Wildman–Crippen MR) is 88.0 cm³/mol. The monoisotopic (exact) mass is 282 g/mol. The quantitative estimate of drug-likeness (QED) is 0.929. The Kier molecular flexibility index (Phi) is 4.41. The number of hydrogen-bond acceptors (Lipinski definition) is 3. The van der Waals surface area contributed by atoms with E-state index in [1.165, 1.54) is 16.8 Å². The molecule has 0 radical (unpaired) electrons. The zero-order valence-electron chi connectivity index (χ0n) is 12.5. The average molecular weight is 282 g/mol. The van der Waals surface area contributed by atoms with Crippen LogP contribution >= 0.6 is 0 Å². The predicted octanol–water partition coefficient (Wildman–Crippen LogP) is 3.44. The van der Waals surface area contributed by atoms with Gasteiger partial charge in [-0.15, -0.1) is 0 Å². The molecule has 3 rings (SSSR count). The fourth-order valence-corrected chi connectivity index (χ4v) is 2.62. The normalized spacial score (nSPS) is 15.0. The van der Waals surface area contributed by atoms with Crippen molar-refractivity contribution in [1.82, 2.24) is 0 Å². The number of morpholine rings is 1. The molecule has 2 aromatic carbocycles. The molecule has 110 valence electrons. The molecule has 21 heavy (non-hydrogen) atoms. The number of nitrogens with one attached hydrogen (secondary N) is 1. The number of rotatable bonds is 4. The molecule has 0 atom stereocenters. The van der Waals surface area contributed by atoms with Gasteiger partial charge < -0.3 is 15.0 Å². The molecule has 0 unspecified atom stereocenters. The number of anilines is 2. The summed E-state index contributed by atoms with van der Waals surface area (Å²) in [6.07, 6.45) is 0. The molecule has 0 spiro atoms. The molecular formula is C18H22N2O. The maximum Gasteiger partial charge on any atom is 0.0642 e. The van der Waals surface area contributed by atoms with E-state index in [-0.39, 0.29) is 0 Å². The van der Waals surface area contributed by atoms with Crippen LogP contribution in [0.25, 0.3) is 0 Å². The summed E-state index contributed by atoms with van der Waals surface area (Å²) in [5.41, 5.74) is 5.11. The third-order valence-electron chi connectivity index (χ3n) is 3.99. The van der Waals surface area contributed by atoms with Crippen molar-refractivity contribution >= 4 is 11.4 Å². The van der Waals surface area contributed by atoms with Crippen LogP contribution in [0.15, 0.2) is 48.5 Å². The zero-order chi connectivity index (χ0) is 14.5. The SMILES string of the molecule is Cc1ccccc1CNc1ccc(N2CCOCC2)cc1. The van der Waals surface area contributed by atoms with Gasteiger partial charge in [0.2, 0.25) is 0 Å². The third-order valence-corrected chi connectivity index (χ3v) is 3.99.